The highest BCUT2D eigenvalue weighted by molar-refractivity contribution is 7.10. The van der Waals surface area contributed by atoms with Crippen molar-refractivity contribution in [1.82, 2.24) is 10.2 Å². The molecule has 1 atom stereocenters. The minimum atomic E-state index is -1.15. The number of hydrogen-bond acceptors (Lipinski definition) is 5. The molecule has 0 saturated heterocycles. The van der Waals surface area contributed by atoms with Gasteiger partial charge in [-0.25, -0.2) is 4.79 Å². The fraction of sp³-hybridized carbons (Fsp3) is 0.192. The van der Waals surface area contributed by atoms with E-state index in [2.05, 4.69) is 24.0 Å². The molecule has 0 spiro atoms. The molecule has 0 bridgehead atoms. The van der Waals surface area contributed by atoms with E-state index in [1.807, 2.05) is 36.4 Å². The van der Waals surface area contributed by atoms with Gasteiger partial charge in [0.2, 0.25) is 0 Å². The number of nitrogens with one attached hydrogen (secondary N) is 1. The molecular formula is C26H24N2O5S. The zero-order valence-corrected chi connectivity index (χ0v) is 19.2. The SMILES string of the molecule is C=CCN(CC(=O)O)C(=O)C(NC(=O)OCC1c2ccccc2-c2ccccc21)c1cccs1. The van der Waals surface area contributed by atoms with Crippen LogP contribution < -0.4 is 5.32 Å². The third-order valence-electron chi connectivity index (χ3n) is 5.67. The summed E-state index contributed by atoms with van der Waals surface area (Å²) in [6.45, 7) is 3.24. The summed E-state index contributed by atoms with van der Waals surface area (Å²) in [7, 11) is 0. The van der Waals surface area contributed by atoms with E-state index in [-0.39, 0.29) is 19.1 Å². The zero-order valence-electron chi connectivity index (χ0n) is 18.3. The molecule has 174 valence electrons. The molecule has 1 aliphatic rings. The quantitative estimate of drug-likeness (QED) is 0.446. The normalized spacial score (nSPS) is 12.8. The number of carboxylic acid groups (broad SMARTS) is 1. The highest BCUT2D eigenvalue weighted by Gasteiger charge is 2.32. The van der Waals surface area contributed by atoms with Crippen LogP contribution in [0.3, 0.4) is 0 Å². The molecule has 1 heterocycles. The number of carbonyl (C=O) groups excluding carboxylic acids is 2. The second-order valence-electron chi connectivity index (χ2n) is 7.82. The number of carboxylic acids is 1. The molecular weight excluding hydrogens is 452 g/mol. The molecule has 1 unspecified atom stereocenters. The summed E-state index contributed by atoms with van der Waals surface area (Å²) in [6.07, 6.45) is 0.696. The molecule has 1 aromatic heterocycles. The van der Waals surface area contributed by atoms with Crippen molar-refractivity contribution in [3.8, 4) is 11.1 Å². The second kappa shape index (κ2) is 10.4. The Morgan fingerprint density at radius 3 is 2.26 bits per heavy atom. The minimum Gasteiger partial charge on any atom is -0.480 e. The van der Waals surface area contributed by atoms with E-state index in [1.165, 1.54) is 17.4 Å². The molecule has 2 amide bonds. The van der Waals surface area contributed by atoms with Crippen molar-refractivity contribution in [2.45, 2.75) is 12.0 Å². The number of ether oxygens (including phenoxy) is 1. The zero-order chi connectivity index (χ0) is 24.1. The van der Waals surface area contributed by atoms with Gasteiger partial charge in [0.1, 0.15) is 19.2 Å². The molecule has 34 heavy (non-hydrogen) atoms. The van der Waals surface area contributed by atoms with Crippen molar-refractivity contribution >= 4 is 29.3 Å². The molecule has 7 nitrogen and oxygen atoms in total. The summed E-state index contributed by atoms with van der Waals surface area (Å²) in [4.78, 5) is 38.9. The Kier molecular flexibility index (Phi) is 7.08. The molecule has 4 rings (SSSR count). The highest BCUT2D eigenvalue weighted by atomic mass is 32.1. The van der Waals surface area contributed by atoms with E-state index in [9.17, 15) is 19.5 Å². The number of rotatable bonds is 9. The lowest BCUT2D eigenvalue weighted by molar-refractivity contribution is -0.144. The number of benzene rings is 2. The summed E-state index contributed by atoms with van der Waals surface area (Å²) in [5, 5.41) is 13.6. The van der Waals surface area contributed by atoms with Crippen LogP contribution in [0.25, 0.3) is 11.1 Å². The average molecular weight is 477 g/mol. The monoisotopic (exact) mass is 476 g/mol. The standard InChI is InChI=1S/C26H24N2O5S/c1-2-13-28(15-23(29)30)25(31)24(22-12-7-14-34-22)27-26(32)33-16-21-19-10-5-3-8-17(19)18-9-4-6-11-20(18)21/h2-12,14,21,24H,1,13,15-16H2,(H,27,32)(H,29,30). The number of thiophene rings is 1. The van der Waals surface area contributed by atoms with E-state index in [0.717, 1.165) is 27.2 Å². The fourth-order valence-electron chi connectivity index (χ4n) is 4.20. The Labute approximate surface area is 201 Å². The lowest BCUT2D eigenvalue weighted by Crippen LogP contribution is -2.45. The van der Waals surface area contributed by atoms with Gasteiger partial charge in [0.25, 0.3) is 5.91 Å². The van der Waals surface area contributed by atoms with Gasteiger partial charge in [0.15, 0.2) is 0 Å². The van der Waals surface area contributed by atoms with Gasteiger partial charge in [-0.15, -0.1) is 17.9 Å². The molecule has 2 N–H and O–H groups in total. The average Bonchev–Trinajstić information content (AvgIpc) is 3.47. The van der Waals surface area contributed by atoms with E-state index >= 15 is 0 Å². The smallest absolute Gasteiger partial charge is 0.408 e. The number of alkyl carbamates (subject to hydrolysis) is 1. The molecule has 0 aliphatic heterocycles. The second-order valence-corrected chi connectivity index (χ2v) is 8.80. The maximum Gasteiger partial charge on any atom is 0.408 e. The van der Waals surface area contributed by atoms with Gasteiger partial charge in [-0.3, -0.25) is 9.59 Å². The number of fused-ring (bicyclic) bond motifs is 3. The van der Waals surface area contributed by atoms with Crippen LogP contribution in [0.15, 0.2) is 78.7 Å². The number of amides is 2. The first kappa shape index (κ1) is 23.3. The molecule has 1 aliphatic carbocycles. The van der Waals surface area contributed by atoms with Crippen molar-refractivity contribution in [3.63, 3.8) is 0 Å². The largest absolute Gasteiger partial charge is 0.480 e. The van der Waals surface area contributed by atoms with Crippen molar-refractivity contribution in [2.75, 3.05) is 19.7 Å². The van der Waals surface area contributed by atoms with Crippen molar-refractivity contribution in [2.24, 2.45) is 0 Å². The predicted molar refractivity (Wildman–Crippen MR) is 130 cm³/mol. The van der Waals surface area contributed by atoms with Crippen LogP contribution >= 0.6 is 11.3 Å². The molecule has 8 heteroatoms. The topological polar surface area (TPSA) is 95.9 Å². The Balaban J connectivity index is 1.49. The first-order valence-electron chi connectivity index (χ1n) is 10.8. The number of carbonyl (C=O) groups is 3. The van der Waals surface area contributed by atoms with Gasteiger partial charge in [-0.1, -0.05) is 60.7 Å². The minimum absolute atomic E-state index is 0.0410. The maximum absolute atomic E-state index is 13.1. The van der Waals surface area contributed by atoms with Gasteiger partial charge in [-0.05, 0) is 33.7 Å². The highest BCUT2D eigenvalue weighted by Crippen LogP contribution is 2.44. The molecule has 0 fully saturated rings. The van der Waals surface area contributed by atoms with Crippen LogP contribution in [0.2, 0.25) is 0 Å². The van der Waals surface area contributed by atoms with Crippen LogP contribution in [-0.2, 0) is 14.3 Å². The first-order valence-corrected chi connectivity index (χ1v) is 11.6. The van der Waals surface area contributed by atoms with Crippen LogP contribution in [-0.4, -0.2) is 47.7 Å². The lowest BCUT2D eigenvalue weighted by Gasteiger charge is -2.25. The fourth-order valence-corrected chi connectivity index (χ4v) is 4.97. The van der Waals surface area contributed by atoms with Gasteiger partial charge >= 0.3 is 12.1 Å². The Hall–Kier alpha value is -3.91. The van der Waals surface area contributed by atoms with E-state index in [1.54, 1.807) is 17.5 Å². The van der Waals surface area contributed by atoms with Gasteiger partial charge in [0.05, 0.1) is 0 Å². The van der Waals surface area contributed by atoms with Gasteiger partial charge in [0, 0.05) is 17.3 Å². The van der Waals surface area contributed by atoms with E-state index in [4.69, 9.17) is 4.74 Å². The van der Waals surface area contributed by atoms with E-state index in [0.29, 0.717) is 4.88 Å². The first-order chi connectivity index (χ1) is 16.5. The Morgan fingerprint density at radius 2 is 1.71 bits per heavy atom. The summed E-state index contributed by atoms with van der Waals surface area (Å²) in [6, 6.07) is 18.4. The van der Waals surface area contributed by atoms with Crippen LogP contribution in [0.1, 0.15) is 28.0 Å². The number of aliphatic carboxylic acids is 1. The van der Waals surface area contributed by atoms with E-state index < -0.39 is 30.6 Å². The summed E-state index contributed by atoms with van der Waals surface area (Å²) in [5.41, 5.74) is 4.40. The van der Waals surface area contributed by atoms with Crippen LogP contribution in [0.4, 0.5) is 4.79 Å². The maximum atomic E-state index is 13.1. The lowest BCUT2D eigenvalue weighted by atomic mass is 9.98. The summed E-state index contributed by atoms with van der Waals surface area (Å²) >= 11 is 1.29. The van der Waals surface area contributed by atoms with Gasteiger partial charge < -0.3 is 20.1 Å². The van der Waals surface area contributed by atoms with Crippen molar-refractivity contribution in [3.05, 3.63) is 94.7 Å². The Bertz CT molecular complexity index is 1160. The molecule has 0 saturated carbocycles. The van der Waals surface area contributed by atoms with Crippen molar-refractivity contribution in [1.29, 1.82) is 0 Å². The molecule has 2 aromatic carbocycles. The summed E-state index contributed by atoms with van der Waals surface area (Å²) in [5.74, 6) is -1.81. The molecule has 3 aromatic rings. The number of nitrogens with zero attached hydrogens (tertiary/aromatic N) is 1. The summed E-state index contributed by atoms with van der Waals surface area (Å²) < 4.78 is 5.59. The number of hydrogen-bond donors (Lipinski definition) is 2. The van der Waals surface area contributed by atoms with Gasteiger partial charge in [-0.2, -0.15) is 0 Å². The van der Waals surface area contributed by atoms with Crippen LogP contribution in [0.5, 0.6) is 0 Å². The van der Waals surface area contributed by atoms with Crippen LogP contribution in [0, 0.1) is 0 Å². The Morgan fingerprint density at radius 1 is 1.06 bits per heavy atom. The third-order valence-corrected chi connectivity index (χ3v) is 6.60. The molecule has 0 radical (unpaired) electrons. The van der Waals surface area contributed by atoms with Crippen molar-refractivity contribution < 1.29 is 24.2 Å². The third kappa shape index (κ3) is 4.87. The predicted octanol–water partition coefficient (Wildman–Crippen LogP) is 4.43.